The van der Waals surface area contributed by atoms with Crippen LogP contribution in [0.4, 0.5) is 4.39 Å². The first-order valence-corrected chi connectivity index (χ1v) is 13.0. The van der Waals surface area contributed by atoms with Gasteiger partial charge in [0.25, 0.3) is 10.0 Å². The predicted molar refractivity (Wildman–Crippen MR) is 119 cm³/mol. The van der Waals surface area contributed by atoms with Gasteiger partial charge in [-0.3, -0.25) is 0 Å². The Bertz CT molecular complexity index is 1510. The maximum atomic E-state index is 14.7. The molecule has 0 bridgehead atoms. The summed E-state index contributed by atoms with van der Waals surface area (Å²) in [7, 11) is -7.58. The van der Waals surface area contributed by atoms with Gasteiger partial charge in [-0.15, -0.1) is 0 Å². The molecule has 0 saturated heterocycles. The molecule has 0 spiro atoms. The molecule has 0 unspecified atom stereocenters. The summed E-state index contributed by atoms with van der Waals surface area (Å²) in [5.41, 5.74) is 1.66. The summed E-state index contributed by atoms with van der Waals surface area (Å²) in [5.74, 6) is -0.646. The highest BCUT2D eigenvalue weighted by molar-refractivity contribution is 7.90. The second-order valence-electron chi connectivity index (χ2n) is 7.68. The minimum atomic E-state index is -4.18. The Kier molecular flexibility index (Phi) is 5.45. The SMILES string of the molecule is Cc1ccc(S(=O)(=O)n2c(C3=CCN(S(C)(=O)=O)CC3)cc3c(F)ccc(C#N)c32)cc1. The maximum Gasteiger partial charge on any atom is 0.268 e. The third-order valence-corrected chi connectivity index (χ3v) is 8.51. The van der Waals surface area contributed by atoms with Crippen molar-refractivity contribution in [3.63, 3.8) is 0 Å². The highest BCUT2D eigenvalue weighted by Crippen LogP contribution is 2.35. The quantitative estimate of drug-likeness (QED) is 0.579. The molecule has 0 atom stereocenters. The number of fused-ring (bicyclic) bond motifs is 1. The van der Waals surface area contributed by atoms with Gasteiger partial charge >= 0.3 is 0 Å². The van der Waals surface area contributed by atoms with Crippen LogP contribution >= 0.6 is 0 Å². The number of hydrogen-bond donors (Lipinski definition) is 0. The first kappa shape index (κ1) is 22.2. The van der Waals surface area contributed by atoms with Crippen LogP contribution in [0.5, 0.6) is 0 Å². The second-order valence-corrected chi connectivity index (χ2v) is 11.5. The number of nitrogens with zero attached hydrogens (tertiary/aromatic N) is 3. The van der Waals surface area contributed by atoms with Crippen LogP contribution in [0.1, 0.15) is 23.2 Å². The van der Waals surface area contributed by atoms with E-state index in [1.54, 1.807) is 18.2 Å². The van der Waals surface area contributed by atoms with Crippen molar-refractivity contribution >= 4 is 36.5 Å². The zero-order chi connectivity index (χ0) is 23.3. The molecule has 1 aromatic heterocycles. The van der Waals surface area contributed by atoms with E-state index in [-0.39, 0.29) is 46.6 Å². The molecule has 0 aliphatic carbocycles. The van der Waals surface area contributed by atoms with E-state index in [4.69, 9.17) is 0 Å². The van der Waals surface area contributed by atoms with E-state index in [1.165, 1.54) is 28.6 Å². The maximum absolute atomic E-state index is 14.7. The smallest absolute Gasteiger partial charge is 0.232 e. The van der Waals surface area contributed by atoms with Crippen molar-refractivity contribution in [2.24, 2.45) is 0 Å². The number of aryl methyl sites for hydroxylation is 1. The minimum Gasteiger partial charge on any atom is -0.232 e. The van der Waals surface area contributed by atoms with Gasteiger partial charge in [0.15, 0.2) is 0 Å². The number of benzene rings is 2. The molecule has 1 aliphatic heterocycles. The lowest BCUT2D eigenvalue weighted by Crippen LogP contribution is -2.34. The van der Waals surface area contributed by atoms with Gasteiger partial charge in [-0.2, -0.15) is 9.57 Å². The summed E-state index contributed by atoms with van der Waals surface area (Å²) in [6.45, 7) is 2.08. The zero-order valence-corrected chi connectivity index (χ0v) is 19.0. The van der Waals surface area contributed by atoms with Crippen LogP contribution in [0.3, 0.4) is 0 Å². The molecule has 0 saturated carbocycles. The van der Waals surface area contributed by atoms with Gasteiger partial charge in [-0.1, -0.05) is 23.8 Å². The lowest BCUT2D eigenvalue weighted by Gasteiger charge is -2.25. The molecule has 0 fully saturated rings. The Labute approximate surface area is 186 Å². The molecule has 32 heavy (non-hydrogen) atoms. The molecular formula is C22H20FN3O4S2. The monoisotopic (exact) mass is 473 g/mol. The van der Waals surface area contributed by atoms with E-state index in [0.29, 0.717) is 5.57 Å². The number of nitriles is 1. The Morgan fingerprint density at radius 2 is 1.75 bits per heavy atom. The number of rotatable bonds is 4. The Morgan fingerprint density at radius 1 is 1.06 bits per heavy atom. The topological polar surface area (TPSA) is 100 Å². The standard InChI is InChI=1S/C22H20FN3O4S2/c1-15-3-6-18(7-4-15)32(29,30)26-21(16-9-11-25(12-10-16)31(2,27)28)13-19-20(23)8-5-17(14-24)22(19)26/h3-9,13H,10-12H2,1-2H3. The third kappa shape index (κ3) is 3.72. The van der Waals surface area contributed by atoms with Crippen molar-refractivity contribution < 1.29 is 21.2 Å². The fraction of sp³-hybridized carbons (Fsp3) is 0.227. The fourth-order valence-corrected chi connectivity index (χ4v) is 6.14. The van der Waals surface area contributed by atoms with E-state index in [9.17, 15) is 26.5 Å². The Morgan fingerprint density at radius 3 is 2.31 bits per heavy atom. The van der Waals surface area contributed by atoms with Crippen LogP contribution in [0.2, 0.25) is 0 Å². The van der Waals surface area contributed by atoms with Gasteiger partial charge in [0, 0.05) is 18.5 Å². The van der Waals surface area contributed by atoms with Gasteiger partial charge in [0.1, 0.15) is 11.9 Å². The molecule has 2 heterocycles. The molecule has 10 heteroatoms. The van der Waals surface area contributed by atoms with Crippen molar-refractivity contribution in [2.75, 3.05) is 19.3 Å². The second kappa shape index (κ2) is 7.85. The minimum absolute atomic E-state index is 0.00386. The highest BCUT2D eigenvalue weighted by Gasteiger charge is 2.29. The first-order chi connectivity index (χ1) is 15.0. The zero-order valence-electron chi connectivity index (χ0n) is 17.4. The largest absolute Gasteiger partial charge is 0.268 e. The van der Waals surface area contributed by atoms with Crippen LogP contribution in [0.15, 0.2) is 53.4 Å². The van der Waals surface area contributed by atoms with Gasteiger partial charge in [0.2, 0.25) is 10.0 Å². The molecule has 0 radical (unpaired) electrons. The van der Waals surface area contributed by atoms with Crippen molar-refractivity contribution in [2.45, 2.75) is 18.2 Å². The lowest BCUT2D eigenvalue weighted by atomic mass is 10.1. The summed E-state index contributed by atoms with van der Waals surface area (Å²) in [6.07, 6.45) is 2.99. The highest BCUT2D eigenvalue weighted by atomic mass is 32.2. The molecule has 1 aliphatic rings. The fourth-order valence-electron chi connectivity index (χ4n) is 3.82. The molecular weight excluding hydrogens is 453 g/mol. The summed E-state index contributed by atoms with van der Waals surface area (Å²) >= 11 is 0. The number of halogens is 1. The summed E-state index contributed by atoms with van der Waals surface area (Å²) in [6, 6.07) is 12.0. The molecule has 7 nitrogen and oxygen atoms in total. The number of hydrogen-bond acceptors (Lipinski definition) is 5. The molecule has 0 N–H and O–H groups in total. The van der Waals surface area contributed by atoms with E-state index in [2.05, 4.69) is 0 Å². The van der Waals surface area contributed by atoms with Gasteiger partial charge < -0.3 is 0 Å². The van der Waals surface area contributed by atoms with Crippen molar-refractivity contribution in [3.05, 3.63) is 71.2 Å². The van der Waals surface area contributed by atoms with Crippen molar-refractivity contribution in [3.8, 4) is 6.07 Å². The van der Waals surface area contributed by atoms with Crippen LogP contribution in [0.25, 0.3) is 16.5 Å². The van der Waals surface area contributed by atoms with Gasteiger partial charge in [-0.05, 0) is 49.2 Å². The van der Waals surface area contributed by atoms with Crippen LogP contribution in [0, 0.1) is 24.1 Å². The average Bonchev–Trinajstić information content (AvgIpc) is 3.16. The van der Waals surface area contributed by atoms with Crippen LogP contribution < -0.4 is 0 Å². The summed E-state index contributed by atoms with van der Waals surface area (Å²) < 4.78 is 68.1. The van der Waals surface area contributed by atoms with Gasteiger partial charge in [-0.25, -0.2) is 25.2 Å². The third-order valence-electron chi connectivity index (χ3n) is 5.52. The Balaban J connectivity index is 2.01. The number of aromatic nitrogens is 1. The normalized spacial score (nSPS) is 15.5. The van der Waals surface area contributed by atoms with Gasteiger partial charge in [0.05, 0.1) is 27.9 Å². The summed E-state index contributed by atoms with van der Waals surface area (Å²) in [5, 5.41) is 9.61. The Hall–Kier alpha value is -3.00. The van der Waals surface area contributed by atoms with Crippen molar-refractivity contribution in [1.82, 2.24) is 8.28 Å². The first-order valence-electron chi connectivity index (χ1n) is 9.75. The van der Waals surface area contributed by atoms with E-state index in [0.717, 1.165) is 21.9 Å². The molecule has 2 aromatic carbocycles. The number of sulfonamides is 1. The van der Waals surface area contributed by atoms with Crippen LogP contribution in [-0.4, -0.2) is 44.5 Å². The predicted octanol–water partition coefficient (Wildman–Crippen LogP) is 3.25. The molecule has 4 rings (SSSR count). The average molecular weight is 474 g/mol. The molecule has 3 aromatic rings. The van der Waals surface area contributed by atoms with E-state index < -0.39 is 25.9 Å². The van der Waals surface area contributed by atoms with E-state index >= 15 is 0 Å². The molecule has 166 valence electrons. The summed E-state index contributed by atoms with van der Waals surface area (Å²) in [4.78, 5) is 0.00386. The van der Waals surface area contributed by atoms with Crippen molar-refractivity contribution in [1.29, 1.82) is 5.26 Å². The lowest BCUT2D eigenvalue weighted by molar-refractivity contribution is 0.445. The molecule has 0 amide bonds. The van der Waals surface area contributed by atoms with Crippen LogP contribution in [-0.2, 0) is 20.0 Å². The van der Waals surface area contributed by atoms with E-state index in [1.807, 2.05) is 13.0 Å².